The molecule has 0 amide bonds. The molecule has 11 rings (SSSR count). The maximum Gasteiger partial charge on any atom is 0.137 e. The molecule has 3 heterocycles. The SMILES string of the molecule is CC1(C)CCC(C)(C)c2cc3c(cc21)c1c2c4c5ccccc5ccc4n(-c4ccc5c(c4)oc4ccccc45)c2ccc1n3-c1ccccc1. The second-order valence-corrected chi connectivity index (χ2v) is 16.0. The van der Waals surface area contributed by atoms with Gasteiger partial charge in [0.2, 0.25) is 0 Å². The lowest BCUT2D eigenvalue weighted by Gasteiger charge is -2.42. The molecule has 0 bridgehead atoms. The van der Waals surface area contributed by atoms with Crippen LogP contribution in [0.2, 0.25) is 0 Å². The van der Waals surface area contributed by atoms with Crippen molar-refractivity contribution in [3.8, 4) is 11.4 Å². The van der Waals surface area contributed by atoms with E-state index in [1.54, 1.807) is 0 Å². The molecule has 0 N–H and O–H groups in total. The van der Waals surface area contributed by atoms with Gasteiger partial charge in [-0.3, -0.25) is 0 Å². The predicted octanol–water partition coefficient (Wildman–Crippen LogP) is 13.3. The van der Waals surface area contributed by atoms with Crippen LogP contribution in [0.15, 0.2) is 138 Å². The van der Waals surface area contributed by atoms with E-state index in [9.17, 15) is 0 Å². The van der Waals surface area contributed by atoms with Crippen LogP contribution in [-0.2, 0) is 10.8 Å². The number of benzene rings is 7. The van der Waals surface area contributed by atoms with E-state index in [2.05, 4.69) is 164 Å². The molecule has 0 radical (unpaired) electrons. The van der Waals surface area contributed by atoms with Gasteiger partial charge in [-0.2, -0.15) is 0 Å². The van der Waals surface area contributed by atoms with Crippen molar-refractivity contribution in [3.05, 3.63) is 145 Å². The largest absolute Gasteiger partial charge is 0.456 e. The monoisotopic (exact) mass is 658 g/mol. The van der Waals surface area contributed by atoms with Crippen LogP contribution in [0.4, 0.5) is 0 Å². The normalized spacial score (nSPS) is 15.6. The molecule has 3 heteroatoms. The molecule has 7 aromatic carbocycles. The fourth-order valence-corrected chi connectivity index (χ4v) is 9.42. The highest BCUT2D eigenvalue weighted by molar-refractivity contribution is 6.33. The van der Waals surface area contributed by atoms with Crippen molar-refractivity contribution in [3.63, 3.8) is 0 Å². The number of rotatable bonds is 2. The molecule has 0 saturated carbocycles. The van der Waals surface area contributed by atoms with Gasteiger partial charge in [0.15, 0.2) is 0 Å². The van der Waals surface area contributed by atoms with Crippen LogP contribution in [0, 0.1) is 0 Å². The van der Waals surface area contributed by atoms with Crippen LogP contribution >= 0.6 is 0 Å². The second-order valence-electron chi connectivity index (χ2n) is 16.0. The molecule has 0 spiro atoms. The summed E-state index contributed by atoms with van der Waals surface area (Å²) in [7, 11) is 0. The molecule has 0 atom stereocenters. The summed E-state index contributed by atoms with van der Waals surface area (Å²) in [4.78, 5) is 0. The highest BCUT2D eigenvalue weighted by atomic mass is 16.3. The third-order valence-electron chi connectivity index (χ3n) is 12.2. The lowest BCUT2D eigenvalue weighted by atomic mass is 9.63. The van der Waals surface area contributed by atoms with Gasteiger partial charge in [-0.05, 0) is 106 Å². The zero-order chi connectivity index (χ0) is 34.2. The molecular weight excluding hydrogens is 621 g/mol. The van der Waals surface area contributed by atoms with Crippen LogP contribution in [0.1, 0.15) is 51.7 Å². The van der Waals surface area contributed by atoms with Crippen LogP contribution in [0.25, 0.3) is 87.7 Å². The fraction of sp³-hybridized carbons (Fsp3) is 0.167. The van der Waals surface area contributed by atoms with Gasteiger partial charge < -0.3 is 13.6 Å². The molecule has 3 nitrogen and oxygen atoms in total. The molecule has 1 aliphatic carbocycles. The van der Waals surface area contributed by atoms with Gasteiger partial charge in [0.05, 0.1) is 22.1 Å². The van der Waals surface area contributed by atoms with Gasteiger partial charge in [-0.25, -0.2) is 0 Å². The Labute approximate surface area is 296 Å². The average molecular weight is 659 g/mol. The van der Waals surface area contributed by atoms with Crippen molar-refractivity contribution in [2.24, 2.45) is 0 Å². The number of furan rings is 1. The Balaban J connectivity index is 1.35. The molecule has 3 aromatic heterocycles. The highest BCUT2D eigenvalue weighted by Gasteiger charge is 2.38. The smallest absolute Gasteiger partial charge is 0.137 e. The first-order chi connectivity index (χ1) is 24.8. The standard InChI is InChI=1S/C48H38N2O/c1-47(2)24-25-48(3,4)37-28-41-35(27-36(37)47)45-39(49(41)30-13-6-5-7-14-30)22-23-40-46(45)44-32-15-9-8-12-29(32)18-21-38(44)50(40)31-19-20-34-33-16-10-11-17-42(33)51-43(34)26-31/h5-23,26-28H,24-25H2,1-4H3. The first-order valence-corrected chi connectivity index (χ1v) is 18.2. The van der Waals surface area contributed by atoms with E-state index >= 15 is 0 Å². The number of fused-ring (bicyclic) bond motifs is 13. The molecule has 51 heavy (non-hydrogen) atoms. The Bertz CT molecular complexity index is 3080. The zero-order valence-electron chi connectivity index (χ0n) is 29.4. The summed E-state index contributed by atoms with van der Waals surface area (Å²) in [5.41, 5.74) is 12.2. The third kappa shape index (κ3) is 3.89. The number of hydrogen-bond donors (Lipinski definition) is 0. The molecule has 10 aromatic rings. The lowest BCUT2D eigenvalue weighted by molar-refractivity contribution is 0.332. The van der Waals surface area contributed by atoms with Crippen LogP contribution < -0.4 is 0 Å². The van der Waals surface area contributed by atoms with Gasteiger partial charge in [0, 0.05) is 49.8 Å². The molecule has 1 aliphatic rings. The van der Waals surface area contributed by atoms with Gasteiger partial charge in [-0.15, -0.1) is 0 Å². The molecule has 246 valence electrons. The van der Waals surface area contributed by atoms with Gasteiger partial charge in [-0.1, -0.05) is 94.4 Å². The summed E-state index contributed by atoms with van der Waals surface area (Å²) in [6.07, 6.45) is 2.36. The number of nitrogens with zero attached hydrogens (tertiary/aromatic N) is 2. The Kier molecular flexibility index (Phi) is 5.64. The van der Waals surface area contributed by atoms with E-state index < -0.39 is 0 Å². The van der Waals surface area contributed by atoms with E-state index in [0.29, 0.717) is 0 Å². The van der Waals surface area contributed by atoms with E-state index in [1.807, 2.05) is 6.07 Å². The number of hydrogen-bond acceptors (Lipinski definition) is 1. The van der Waals surface area contributed by atoms with E-state index in [1.165, 1.54) is 84.0 Å². The van der Waals surface area contributed by atoms with Crippen LogP contribution in [-0.4, -0.2) is 9.13 Å². The Morgan fingerprint density at radius 2 is 1.02 bits per heavy atom. The highest BCUT2D eigenvalue weighted by Crippen LogP contribution is 2.50. The minimum Gasteiger partial charge on any atom is -0.456 e. The molecular formula is C48H38N2O. The van der Waals surface area contributed by atoms with Crippen LogP contribution in [0.5, 0.6) is 0 Å². The Morgan fingerprint density at radius 1 is 0.431 bits per heavy atom. The maximum absolute atomic E-state index is 6.44. The number of aromatic nitrogens is 2. The quantitative estimate of drug-likeness (QED) is 0.181. The van der Waals surface area contributed by atoms with Gasteiger partial charge in [0.25, 0.3) is 0 Å². The Morgan fingerprint density at radius 3 is 1.80 bits per heavy atom. The first-order valence-electron chi connectivity index (χ1n) is 18.2. The van der Waals surface area contributed by atoms with E-state index in [0.717, 1.165) is 27.6 Å². The minimum absolute atomic E-state index is 0.0940. The topological polar surface area (TPSA) is 23.0 Å². The average Bonchev–Trinajstić information content (AvgIpc) is 3.80. The molecule has 0 fully saturated rings. The van der Waals surface area contributed by atoms with Gasteiger partial charge in [0.1, 0.15) is 11.2 Å². The van der Waals surface area contributed by atoms with E-state index in [-0.39, 0.29) is 10.8 Å². The summed E-state index contributed by atoms with van der Waals surface area (Å²) >= 11 is 0. The summed E-state index contributed by atoms with van der Waals surface area (Å²) in [6.45, 7) is 9.73. The lowest BCUT2D eigenvalue weighted by Crippen LogP contribution is -2.33. The van der Waals surface area contributed by atoms with Crippen molar-refractivity contribution >= 4 is 76.3 Å². The minimum atomic E-state index is 0.0940. The van der Waals surface area contributed by atoms with Crippen molar-refractivity contribution in [2.75, 3.05) is 0 Å². The number of para-hydroxylation sites is 2. The fourth-order valence-electron chi connectivity index (χ4n) is 9.42. The third-order valence-corrected chi connectivity index (χ3v) is 12.2. The Hall–Kier alpha value is -5.80. The van der Waals surface area contributed by atoms with Crippen molar-refractivity contribution in [2.45, 2.75) is 51.4 Å². The summed E-state index contributed by atoms with van der Waals surface area (Å²) in [6, 6.07) is 49.2. The molecule has 0 unspecified atom stereocenters. The van der Waals surface area contributed by atoms with Crippen molar-refractivity contribution in [1.82, 2.24) is 9.13 Å². The van der Waals surface area contributed by atoms with Crippen LogP contribution in [0.3, 0.4) is 0 Å². The van der Waals surface area contributed by atoms with E-state index in [4.69, 9.17) is 4.42 Å². The summed E-state index contributed by atoms with van der Waals surface area (Å²) in [5.74, 6) is 0. The maximum atomic E-state index is 6.44. The molecule has 0 aliphatic heterocycles. The van der Waals surface area contributed by atoms with Crippen molar-refractivity contribution < 1.29 is 4.42 Å². The second kappa shape index (κ2) is 9.92. The van der Waals surface area contributed by atoms with Gasteiger partial charge >= 0.3 is 0 Å². The predicted molar refractivity (Wildman–Crippen MR) is 215 cm³/mol. The molecule has 0 saturated heterocycles. The first kappa shape index (κ1) is 29.0. The zero-order valence-corrected chi connectivity index (χ0v) is 29.4. The summed E-state index contributed by atoms with van der Waals surface area (Å²) in [5, 5.41) is 10.1. The summed E-state index contributed by atoms with van der Waals surface area (Å²) < 4.78 is 11.4. The van der Waals surface area contributed by atoms with Crippen molar-refractivity contribution in [1.29, 1.82) is 0 Å².